The molecule has 10 heteroatoms. The van der Waals surface area contributed by atoms with Gasteiger partial charge in [0.05, 0.1) is 24.1 Å². The second kappa shape index (κ2) is 12.3. The number of hydrogen-bond acceptors (Lipinski definition) is 5. The van der Waals surface area contributed by atoms with Gasteiger partial charge in [0.1, 0.15) is 18.0 Å². The molecule has 0 aromatic heterocycles. The van der Waals surface area contributed by atoms with E-state index in [4.69, 9.17) is 4.74 Å². The number of benzene rings is 3. The number of fused-ring (bicyclic) bond motifs is 2. The van der Waals surface area contributed by atoms with E-state index in [0.717, 1.165) is 40.2 Å². The number of alkyl halides is 2. The van der Waals surface area contributed by atoms with Crippen LogP contribution < -0.4 is 15.4 Å². The van der Waals surface area contributed by atoms with E-state index in [1.54, 1.807) is 11.8 Å². The highest BCUT2D eigenvalue weighted by molar-refractivity contribution is 5.82. The number of rotatable bonds is 6. The largest absolute Gasteiger partial charge is 0.491 e. The molecule has 5 unspecified atom stereocenters. The second-order valence-corrected chi connectivity index (χ2v) is 13.0. The summed E-state index contributed by atoms with van der Waals surface area (Å²) in [7, 11) is 0. The molecule has 3 aromatic rings. The monoisotopic (exact) mass is 637 g/mol. The molecule has 0 saturated heterocycles. The third-order valence-corrected chi connectivity index (χ3v) is 9.94. The number of nitrogens with zero attached hydrogens (tertiary/aromatic N) is 1. The minimum Gasteiger partial charge on any atom is -0.491 e. The van der Waals surface area contributed by atoms with Crippen LogP contribution in [0.1, 0.15) is 56.6 Å². The summed E-state index contributed by atoms with van der Waals surface area (Å²) < 4.78 is 64.1. The van der Waals surface area contributed by atoms with E-state index in [1.165, 1.54) is 6.07 Å². The molecule has 3 aliphatic rings. The van der Waals surface area contributed by atoms with Gasteiger partial charge in [-0.15, -0.1) is 0 Å². The maximum absolute atomic E-state index is 15.0. The molecule has 0 radical (unpaired) electrons. The number of aliphatic hydroxyl groups is 1. The van der Waals surface area contributed by atoms with Crippen LogP contribution in [-0.4, -0.2) is 46.8 Å². The minimum absolute atomic E-state index is 0.139. The van der Waals surface area contributed by atoms with E-state index in [-0.39, 0.29) is 37.8 Å². The van der Waals surface area contributed by atoms with Crippen molar-refractivity contribution in [2.45, 2.75) is 69.7 Å². The zero-order valence-electron chi connectivity index (χ0n) is 26.0. The van der Waals surface area contributed by atoms with Crippen LogP contribution in [0.3, 0.4) is 0 Å². The van der Waals surface area contributed by atoms with Gasteiger partial charge in [0.25, 0.3) is 5.92 Å². The van der Waals surface area contributed by atoms with E-state index in [1.807, 2.05) is 37.3 Å². The first-order valence-electron chi connectivity index (χ1n) is 15.8. The fraction of sp³-hybridized carbons (Fsp3) is 0.417. The van der Waals surface area contributed by atoms with Crippen molar-refractivity contribution in [2.24, 2.45) is 11.8 Å². The molecule has 1 fully saturated rings. The highest BCUT2D eigenvalue weighted by Gasteiger charge is 2.53. The zero-order chi connectivity index (χ0) is 32.8. The average Bonchev–Trinajstić information content (AvgIpc) is 3.17. The first-order valence-corrected chi connectivity index (χ1v) is 15.8. The minimum atomic E-state index is -3.61. The van der Waals surface area contributed by atoms with Crippen LogP contribution in [0.2, 0.25) is 0 Å². The maximum Gasteiger partial charge on any atom is 0.294 e. The quantitative estimate of drug-likeness (QED) is 0.147. The first-order chi connectivity index (χ1) is 21.9. The van der Waals surface area contributed by atoms with E-state index in [9.17, 15) is 18.7 Å². The van der Waals surface area contributed by atoms with Gasteiger partial charge in [-0.2, -0.15) is 8.78 Å². The fourth-order valence-electron chi connectivity index (χ4n) is 7.19. The van der Waals surface area contributed by atoms with Gasteiger partial charge in [-0.25, -0.2) is 8.78 Å². The fourth-order valence-corrected chi connectivity index (χ4v) is 7.19. The zero-order valence-corrected chi connectivity index (χ0v) is 26.0. The number of amides is 1. The van der Waals surface area contributed by atoms with Gasteiger partial charge in [-0.1, -0.05) is 31.7 Å². The summed E-state index contributed by atoms with van der Waals surface area (Å²) >= 11 is 0. The van der Waals surface area contributed by atoms with Crippen LogP contribution in [0.15, 0.2) is 67.3 Å². The molecule has 1 amide bonds. The number of halogens is 4. The second-order valence-electron chi connectivity index (χ2n) is 13.0. The molecular weight excluding hydrogens is 598 g/mol. The van der Waals surface area contributed by atoms with Crippen LogP contribution in [-0.2, 0) is 11.3 Å². The molecule has 6 rings (SSSR count). The van der Waals surface area contributed by atoms with Gasteiger partial charge in [0, 0.05) is 18.0 Å². The van der Waals surface area contributed by atoms with Crippen molar-refractivity contribution in [1.29, 1.82) is 0 Å². The Balaban J connectivity index is 1.24. The van der Waals surface area contributed by atoms with Gasteiger partial charge in [0.15, 0.2) is 11.6 Å². The Morgan fingerprint density at radius 2 is 1.83 bits per heavy atom. The molecule has 6 nitrogen and oxygen atoms in total. The topological polar surface area (TPSA) is 73.8 Å². The van der Waals surface area contributed by atoms with Crippen molar-refractivity contribution >= 4 is 17.3 Å². The summed E-state index contributed by atoms with van der Waals surface area (Å²) in [4.78, 5) is 15.8. The molecule has 46 heavy (non-hydrogen) atoms. The number of ether oxygens (including phenoxy) is 1. The standard InChI is InChI=1S/C36H39F4N3O3/c1-4-36(39,40)35(45)12-11-23(15-27(19-35)25-5-8-29(37)30(38)17-25)21(2)34(44)43-13-14-46-33-10-7-24(16-28(33)20-43)26-6-9-31-32(18-26)42-22(3)41-31/h4-10,16-18,21-23,27,41-42,45H,1,11-15,19-20H2,2-3H3. The lowest BCUT2D eigenvalue weighted by Crippen LogP contribution is -2.47. The summed E-state index contributed by atoms with van der Waals surface area (Å²) in [6.45, 7) is 8.00. The van der Waals surface area contributed by atoms with E-state index < -0.39 is 40.9 Å². The molecule has 2 aliphatic heterocycles. The summed E-state index contributed by atoms with van der Waals surface area (Å²) in [6, 6.07) is 15.4. The van der Waals surface area contributed by atoms with Crippen molar-refractivity contribution < 1.29 is 32.2 Å². The number of carbonyl (C=O) groups excluding carboxylic acids is 1. The Bertz CT molecular complexity index is 1650. The van der Waals surface area contributed by atoms with Crippen LogP contribution in [0.5, 0.6) is 5.75 Å². The van der Waals surface area contributed by atoms with Crippen molar-refractivity contribution in [3.8, 4) is 16.9 Å². The normalized spacial score (nSPS) is 25.1. The average molecular weight is 638 g/mol. The predicted molar refractivity (Wildman–Crippen MR) is 170 cm³/mol. The highest BCUT2D eigenvalue weighted by atomic mass is 19.3. The summed E-state index contributed by atoms with van der Waals surface area (Å²) in [5, 5.41) is 18.0. The van der Waals surface area contributed by atoms with E-state index >= 15 is 8.78 Å². The lowest BCUT2D eigenvalue weighted by Gasteiger charge is -2.35. The predicted octanol–water partition coefficient (Wildman–Crippen LogP) is 7.70. The SMILES string of the molecule is C=CC(F)(F)C1(O)CCC(C(C)C(=O)N2CCOc3ccc(-c4ccc5c(c4)NC(C)N5)cc3C2)CC(c2ccc(F)c(F)c2)C1. The lowest BCUT2D eigenvalue weighted by atomic mass is 9.79. The van der Waals surface area contributed by atoms with Crippen molar-refractivity contribution in [2.75, 3.05) is 23.8 Å². The summed E-state index contributed by atoms with van der Waals surface area (Å²) in [5.74, 6) is -6.92. The van der Waals surface area contributed by atoms with Gasteiger partial charge in [-0.3, -0.25) is 4.79 Å². The summed E-state index contributed by atoms with van der Waals surface area (Å²) in [5.41, 5.74) is 2.77. The van der Waals surface area contributed by atoms with Crippen molar-refractivity contribution in [1.82, 2.24) is 4.90 Å². The van der Waals surface area contributed by atoms with Crippen LogP contribution in [0.25, 0.3) is 11.1 Å². The number of carbonyl (C=O) groups is 1. The number of nitrogens with one attached hydrogen (secondary N) is 2. The van der Waals surface area contributed by atoms with Crippen LogP contribution in [0, 0.1) is 23.5 Å². The number of anilines is 2. The first kappa shape index (κ1) is 31.9. The molecule has 3 N–H and O–H groups in total. The Kier molecular flexibility index (Phi) is 8.52. The van der Waals surface area contributed by atoms with Crippen LogP contribution in [0.4, 0.5) is 28.9 Å². The Labute approximate surface area is 266 Å². The molecule has 0 bridgehead atoms. The molecule has 244 valence electrons. The smallest absolute Gasteiger partial charge is 0.294 e. The van der Waals surface area contributed by atoms with Gasteiger partial charge >= 0.3 is 0 Å². The van der Waals surface area contributed by atoms with Gasteiger partial charge in [0.2, 0.25) is 5.91 Å². The molecule has 1 aliphatic carbocycles. The third kappa shape index (κ3) is 6.07. The van der Waals surface area contributed by atoms with Crippen LogP contribution >= 0.6 is 0 Å². The van der Waals surface area contributed by atoms with Crippen molar-refractivity contribution in [3.63, 3.8) is 0 Å². The molecular formula is C36H39F4N3O3. The third-order valence-electron chi connectivity index (χ3n) is 9.94. The van der Waals surface area contributed by atoms with Gasteiger partial charge < -0.3 is 25.4 Å². The number of hydrogen-bond donors (Lipinski definition) is 3. The van der Waals surface area contributed by atoms with E-state index in [2.05, 4.69) is 23.3 Å². The van der Waals surface area contributed by atoms with Crippen molar-refractivity contribution in [3.05, 3.63) is 90.0 Å². The molecule has 5 atom stereocenters. The lowest BCUT2D eigenvalue weighted by molar-refractivity contribution is -0.159. The Morgan fingerprint density at radius 3 is 2.59 bits per heavy atom. The molecule has 1 saturated carbocycles. The molecule has 2 heterocycles. The maximum atomic E-state index is 15.0. The molecule has 0 spiro atoms. The summed E-state index contributed by atoms with van der Waals surface area (Å²) in [6.07, 6.45) is 0.323. The Hall–Kier alpha value is -4.05. The molecule has 3 aromatic carbocycles. The highest BCUT2D eigenvalue weighted by Crippen LogP contribution is 2.48. The Morgan fingerprint density at radius 1 is 1.09 bits per heavy atom. The van der Waals surface area contributed by atoms with E-state index in [0.29, 0.717) is 37.1 Å². The van der Waals surface area contributed by atoms with Gasteiger partial charge in [-0.05, 0) is 104 Å².